The van der Waals surface area contributed by atoms with Crippen LogP contribution in [0.1, 0.15) is 5.01 Å². The van der Waals surface area contributed by atoms with Gasteiger partial charge in [-0.2, -0.15) is 13.2 Å². The Bertz CT molecular complexity index is 477. The zero-order valence-corrected chi connectivity index (χ0v) is 9.57. The molecule has 74 valence electrons. The molecule has 2 aromatic rings. The number of hydrogen-bond acceptors (Lipinski definition) is 2. The van der Waals surface area contributed by atoms with Crippen molar-refractivity contribution in [1.82, 2.24) is 4.98 Å². The van der Waals surface area contributed by atoms with Crippen LogP contribution < -0.4 is 0 Å². The van der Waals surface area contributed by atoms with Crippen molar-refractivity contribution >= 4 is 44.1 Å². The standard InChI is InChI=1S/C8H3F3INS/c9-8(10,11)7-13-5-2-1-4(12)3-6(5)14-7/h1-3H. The van der Waals surface area contributed by atoms with Crippen molar-refractivity contribution in [2.75, 3.05) is 0 Å². The van der Waals surface area contributed by atoms with Crippen molar-refractivity contribution in [3.63, 3.8) is 0 Å². The van der Waals surface area contributed by atoms with E-state index in [1.165, 1.54) is 0 Å². The minimum absolute atomic E-state index is 0.405. The number of rotatable bonds is 0. The summed E-state index contributed by atoms with van der Waals surface area (Å²) in [5.41, 5.74) is 0.405. The maximum atomic E-state index is 12.3. The third-order valence-electron chi connectivity index (χ3n) is 1.59. The summed E-state index contributed by atoms with van der Waals surface area (Å²) in [6.07, 6.45) is -4.34. The van der Waals surface area contributed by atoms with Gasteiger partial charge >= 0.3 is 6.18 Å². The van der Waals surface area contributed by atoms with Gasteiger partial charge in [0.2, 0.25) is 0 Å². The van der Waals surface area contributed by atoms with Crippen molar-refractivity contribution in [1.29, 1.82) is 0 Å². The van der Waals surface area contributed by atoms with E-state index in [9.17, 15) is 13.2 Å². The smallest absolute Gasteiger partial charge is 0.232 e. The van der Waals surface area contributed by atoms with Gasteiger partial charge in [0.15, 0.2) is 5.01 Å². The van der Waals surface area contributed by atoms with E-state index in [0.717, 1.165) is 3.57 Å². The largest absolute Gasteiger partial charge is 0.443 e. The van der Waals surface area contributed by atoms with Crippen LogP contribution in [0.2, 0.25) is 0 Å². The molecule has 0 bridgehead atoms. The van der Waals surface area contributed by atoms with E-state index >= 15 is 0 Å². The first-order valence-corrected chi connectivity index (χ1v) is 5.49. The Morgan fingerprint density at radius 1 is 1.29 bits per heavy atom. The Balaban J connectivity index is 2.63. The van der Waals surface area contributed by atoms with Gasteiger partial charge in [-0.25, -0.2) is 4.98 Å². The second kappa shape index (κ2) is 3.34. The first kappa shape index (κ1) is 10.2. The van der Waals surface area contributed by atoms with Gasteiger partial charge in [-0.05, 0) is 40.8 Å². The molecular formula is C8H3F3INS. The van der Waals surface area contributed by atoms with E-state index in [1.54, 1.807) is 18.2 Å². The lowest BCUT2D eigenvalue weighted by atomic mass is 10.3. The number of aromatic nitrogens is 1. The molecule has 1 heterocycles. The van der Waals surface area contributed by atoms with Crippen molar-refractivity contribution in [2.24, 2.45) is 0 Å². The SMILES string of the molecule is FC(F)(F)c1nc2ccc(I)cc2s1. The summed E-state index contributed by atoms with van der Waals surface area (Å²) in [4.78, 5) is 3.52. The minimum atomic E-state index is -4.34. The Kier molecular flexibility index (Phi) is 2.42. The van der Waals surface area contributed by atoms with Crippen molar-refractivity contribution in [3.8, 4) is 0 Å². The van der Waals surface area contributed by atoms with Crippen LogP contribution in [0, 0.1) is 3.57 Å². The summed E-state index contributed by atoms with van der Waals surface area (Å²) in [6.45, 7) is 0. The van der Waals surface area contributed by atoms with Crippen molar-refractivity contribution < 1.29 is 13.2 Å². The van der Waals surface area contributed by atoms with Gasteiger partial charge in [0, 0.05) is 3.57 Å². The lowest BCUT2D eigenvalue weighted by molar-refractivity contribution is -0.137. The van der Waals surface area contributed by atoms with E-state index in [1.807, 2.05) is 0 Å². The number of fused-ring (bicyclic) bond motifs is 1. The average Bonchev–Trinajstić information content (AvgIpc) is 2.45. The molecule has 0 amide bonds. The van der Waals surface area contributed by atoms with Gasteiger partial charge in [-0.1, -0.05) is 0 Å². The van der Waals surface area contributed by atoms with Gasteiger partial charge < -0.3 is 0 Å². The number of hydrogen-bond donors (Lipinski definition) is 0. The number of alkyl halides is 3. The molecule has 1 aromatic carbocycles. The molecule has 6 heteroatoms. The zero-order valence-electron chi connectivity index (χ0n) is 6.60. The Morgan fingerprint density at radius 2 is 2.00 bits per heavy atom. The molecular weight excluding hydrogens is 326 g/mol. The fraction of sp³-hybridized carbons (Fsp3) is 0.125. The van der Waals surface area contributed by atoms with E-state index in [0.29, 0.717) is 21.6 Å². The quantitative estimate of drug-likeness (QED) is 0.668. The van der Waals surface area contributed by atoms with Crippen LogP contribution in [0.3, 0.4) is 0 Å². The van der Waals surface area contributed by atoms with Crippen molar-refractivity contribution in [3.05, 3.63) is 26.8 Å². The molecule has 0 saturated carbocycles. The summed E-state index contributed by atoms with van der Waals surface area (Å²) in [5, 5.41) is -0.783. The molecule has 1 aromatic heterocycles. The Labute approximate surface area is 95.1 Å². The zero-order chi connectivity index (χ0) is 10.3. The number of halogens is 4. The van der Waals surface area contributed by atoms with Crippen LogP contribution in [-0.4, -0.2) is 4.98 Å². The van der Waals surface area contributed by atoms with Crippen LogP contribution in [0.5, 0.6) is 0 Å². The highest BCUT2D eigenvalue weighted by molar-refractivity contribution is 14.1. The molecule has 0 atom stereocenters. The Morgan fingerprint density at radius 3 is 2.64 bits per heavy atom. The highest BCUT2D eigenvalue weighted by Crippen LogP contribution is 2.35. The van der Waals surface area contributed by atoms with E-state index in [2.05, 4.69) is 27.6 Å². The summed E-state index contributed by atoms with van der Waals surface area (Å²) in [7, 11) is 0. The fourth-order valence-corrected chi connectivity index (χ4v) is 2.59. The van der Waals surface area contributed by atoms with E-state index in [4.69, 9.17) is 0 Å². The highest BCUT2D eigenvalue weighted by Gasteiger charge is 2.34. The molecule has 0 saturated heterocycles. The number of nitrogens with zero attached hydrogens (tertiary/aromatic N) is 1. The molecule has 0 N–H and O–H groups in total. The first-order chi connectivity index (χ1) is 6.47. The van der Waals surface area contributed by atoms with Gasteiger partial charge in [-0.3, -0.25) is 0 Å². The van der Waals surface area contributed by atoms with Crippen LogP contribution in [0.15, 0.2) is 18.2 Å². The molecule has 0 fully saturated rings. The molecule has 0 radical (unpaired) electrons. The number of thiazole rings is 1. The third-order valence-corrected chi connectivity index (χ3v) is 3.33. The monoisotopic (exact) mass is 329 g/mol. The van der Waals surface area contributed by atoms with Crippen LogP contribution in [0.4, 0.5) is 13.2 Å². The van der Waals surface area contributed by atoms with Crippen LogP contribution in [0.25, 0.3) is 10.2 Å². The Hall–Kier alpha value is -0.370. The molecule has 0 aliphatic heterocycles. The maximum Gasteiger partial charge on any atom is 0.443 e. The van der Waals surface area contributed by atoms with Crippen LogP contribution in [-0.2, 0) is 6.18 Å². The molecule has 14 heavy (non-hydrogen) atoms. The predicted octanol–water partition coefficient (Wildman–Crippen LogP) is 3.92. The molecule has 1 nitrogen and oxygen atoms in total. The fourth-order valence-electron chi connectivity index (χ4n) is 1.02. The normalized spacial score (nSPS) is 12.3. The topological polar surface area (TPSA) is 12.9 Å². The van der Waals surface area contributed by atoms with E-state index in [-0.39, 0.29) is 0 Å². The summed E-state index contributed by atoms with van der Waals surface area (Å²) < 4.78 is 38.3. The summed E-state index contributed by atoms with van der Waals surface area (Å²) in [6, 6.07) is 5.04. The molecule has 0 aliphatic carbocycles. The average molecular weight is 329 g/mol. The molecule has 0 unspecified atom stereocenters. The highest BCUT2D eigenvalue weighted by atomic mass is 127. The van der Waals surface area contributed by atoms with Crippen molar-refractivity contribution in [2.45, 2.75) is 6.18 Å². The molecule has 2 rings (SSSR count). The number of benzene rings is 1. The molecule has 0 aliphatic rings. The van der Waals surface area contributed by atoms with Gasteiger partial charge in [0.25, 0.3) is 0 Å². The summed E-state index contributed by atoms with van der Waals surface area (Å²) in [5.74, 6) is 0. The van der Waals surface area contributed by atoms with Gasteiger partial charge in [-0.15, -0.1) is 11.3 Å². The second-order valence-electron chi connectivity index (χ2n) is 2.63. The third kappa shape index (κ3) is 1.85. The van der Waals surface area contributed by atoms with E-state index < -0.39 is 11.2 Å². The predicted molar refractivity (Wildman–Crippen MR) is 57.3 cm³/mol. The summed E-state index contributed by atoms with van der Waals surface area (Å²) >= 11 is 2.73. The maximum absolute atomic E-state index is 12.3. The van der Waals surface area contributed by atoms with Crippen LogP contribution >= 0.6 is 33.9 Å². The molecule has 0 spiro atoms. The first-order valence-electron chi connectivity index (χ1n) is 3.60. The van der Waals surface area contributed by atoms with Gasteiger partial charge in [0.1, 0.15) is 0 Å². The second-order valence-corrected chi connectivity index (χ2v) is 4.91. The lowest BCUT2D eigenvalue weighted by Crippen LogP contribution is -2.03. The minimum Gasteiger partial charge on any atom is -0.232 e. The van der Waals surface area contributed by atoms with Gasteiger partial charge in [0.05, 0.1) is 10.2 Å². The lowest BCUT2D eigenvalue weighted by Gasteiger charge is -1.98.